The Balaban J connectivity index is 3.25. The van der Waals surface area contributed by atoms with E-state index >= 15 is 0 Å². The molecule has 0 amide bonds. The summed E-state index contributed by atoms with van der Waals surface area (Å²) in [6.45, 7) is 5.58. The molecule has 0 saturated carbocycles. The molecule has 14 heavy (non-hydrogen) atoms. The number of carbonyl (C=O) groups is 1. The highest BCUT2D eigenvalue weighted by Crippen LogP contribution is 2.26. The van der Waals surface area contributed by atoms with Gasteiger partial charge in [0.2, 0.25) is 0 Å². The van der Waals surface area contributed by atoms with Crippen LogP contribution in [0.3, 0.4) is 0 Å². The summed E-state index contributed by atoms with van der Waals surface area (Å²) in [7, 11) is 0. The Labute approximate surface area is 83.0 Å². The molecule has 0 aliphatic rings. The van der Waals surface area contributed by atoms with Crippen molar-refractivity contribution >= 4 is 5.97 Å². The molecule has 3 nitrogen and oxygen atoms in total. The Bertz CT molecular complexity index is 381. The number of carboxylic acid groups (broad SMARTS) is 1. The van der Waals surface area contributed by atoms with Crippen LogP contribution >= 0.6 is 0 Å². The Hall–Kier alpha value is -1.51. The molecule has 2 N–H and O–H groups in total. The topological polar surface area (TPSA) is 57.5 Å². The van der Waals surface area contributed by atoms with Gasteiger partial charge in [0.05, 0.1) is 6.42 Å². The van der Waals surface area contributed by atoms with Gasteiger partial charge in [-0.05, 0) is 49.1 Å². The van der Waals surface area contributed by atoms with Gasteiger partial charge in [0, 0.05) is 0 Å². The molecule has 0 fully saturated rings. The van der Waals surface area contributed by atoms with Gasteiger partial charge in [-0.15, -0.1) is 0 Å². The molecule has 0 bridgehead atoms. The lowest BCUT2D eigenvalue weighted by molar-refractivity contribution is -0.136. The summed E-state index contributed by atoms with van der Waals surface area (Å²) < 4.78 is 0. The summed E-state index contributed by atoms with van der Waals surface area (Å²) in [6.07, 6.45) is -0.0412. The first-order valence-electron chi connectivity index (χ1n) is 4.44. The van der Waals surface area contributed by atoms with Gasteiger partial charge in [-0.1, -0.05) is 0 Å². The molecule has 0 spiro atoms. The van der Waals surface area contributed by atoms with Crippen LogP contribution in [0.25, 0.3) is 0 Å². The SMILES string of the molecule is Cc1c(O)cc(CC(=O)O)c(C)c1C. The molecule has 0 atom stereocenters. The second kappa shape index (κ2) is 3.70. The van der Waals surface area contributed by atoms with Crippen LogP contribution in [0, 0.1) is 20.8 Å². The molecule has 76 valence electrons. The van der Waals surface area contributed by atoms with Crippen LogP contribution < -0.4 is 0 Å². The molecule has 0 aliphatic carbocycles. The highest BCUT2D eigenvalue weighted by molar-refractivity contribution is 5.71. The van der Waals surface area contributed by atoms with E-state index in [4.69, 9.17) is 5.11 Å². The fourth-order valence-electron chi connectivity index (χ4n) is 1.44. The standard InChI is InChI=1S/C11H14O3/c1-6-7(2)9(5-11(13)14)4-10(12)8(6)3/h4,12H,5H2,1-3H3,(H,13,14). The minimum atomic E-state index is -0.879. The van der Waals surface area contributed by atoms with E-state index in [9.17, 15) is 9.90 Å². The Kier molecular flexibility index (Phi) is 2.79. The Morgan fingerprint density at radius 3 is 2.29 bits per heavy atom. The zero-order chi connectivity index (χ0) is 10.9. The normalized spacial score (nSPS) is 10.2. The molecule has 3 heteroatoms. The van der Waals surface area contributed by atoms with Gasteiger partial charge in [-0.3, -0.25) is 4.79 Å². The quantitative estimate of drug-likeness (QED) is 0.756. The first-order valence-corrected chi connectivity index (χ1v) is 4.44. The predicted molar refractivity (Wildman–Crippen MR) is 53.7 cm³/mol. The number of aliphatic carboxylic acids is 1. The lowest BCUT2D eigenvalue weighted by Crippen LogP contribution is -2.03. The monoisotopic (exact) mass is 194 g/mol. The first kappa shape index (κ1) is 10.6. The number of hydrogen-bond acceptors (Lipinski definition) is 2. The van der Waals surface area contributed by atoms with Crippen molar-refractivity contribution in [3.8, 4) is 5.75 Å². The van der Waals surface area contributed by atoms with Crippen molar-refractivity contribution < 1.29 is 15.0 Å². The van der Waals surface area contributed by atoms with Crippen LogP contribution in [0.4, 0.5) is 0 Å². The minimum absolute atomic E-state index is 0.0412. The van der Waals surface area contributed by atoms with Crippen LogP contribution in [0.1, 0.15) is 22.3 Å². The number of phenols is 1. The van der Waals surface area contributed by atoms with E-state index in [0.29, 0.717) is 5.56 Å². The van der Waals surface area contributed by atoms with Crippen molar-refractivity contribution in [3.05, 3.63) is 28.3 Å². The Morgan fingerprint density at radius 2 is 1.79 bits per heavy atom. The van der Waals surface area contributed by atoms with E-state index < -0.39 is 5.97 Å². The Morgan fingerprint density at radius 1 is 1.21 bits per heavy atom. The highest BCUT2D eigenvalue weighted by atomic mass is 16.4. The van der Waals surface area contributed by atoms with Crippen LogP contribution in [-0.4, -0.2) is 16.2 Å². The van der Waals surface area contributed by atoms with Crippen molar-refractivity contribution in [3.63, 3.8) is 0 Å². The van der Waals surface area contributed by atoms with Gasteiger partial charge < -0.3 is 10.2 Å². The molecule has 1 aromatic carbocycles. The smallest absolute Gasteiger partial charge is 0.307 e. The summed E-state index contributed by atoms with van der Waals surface area (Å²) in [5.74, 6) is -0.708. The van der Waals surface area contributed by atoms with Gasteiger partial charge in [-0.2, -0.15) is 0 Å². The maximum Gasteiger partial charge on any atom is 0.307 e. The number of carboxylic acids is 1. The fraction of sp³-hybridized carbons (Fsp3) is 0.364. The van der Waals surface area contributed by atoms with E-state index in [0.717, 1.165) is 16.7 Å². The number of hydrogen-bond donors (Lipinski definition) is 2. The maximum atomic E-state index is 10.5. The van der Waals surface area contributed by atoms with Crippen molar-refractivity contribution in [1.82, 2.24) is 0 Å². The van der Waals surface area contributed by atoms with Crippen LogP contribution in [0.15, 0.2) is 6.07 Å². The van der Waals surface area contributed by atoms with Gasteiger partial charge in [-0.25, -0.2) is 0 Å². The summed E-state index contributed by atoms with van der Waals surface area (Å²) in [5, 5.41) is 18.2. The van der Waals surface area contributed by atoms with Gasteiger partial charge >= 0.3 is 5.97 Å². The van der Waals surface area contributed by atoms with E-state index in [2.05, 4.69) is 0 Å². The number of rotatable bonds is 2. The average molecular weight is 194 g/mol. The number of aromatic hydroxyl groups is 1. The third-order valence-electron chi connectivity index (χ3n) is 2.64. The highest BCUT2D eigenvalue weighted by Gasteiger charge is 2.10. The van der Waals surface area contributed by atoms with Gasteiger partial charge in [0.1, 0.15) is 5.75 Å². The molecular formula is C11H14O3. The van der Waals surface area contributed by atoms with Crippen LogP contribution in [-0.2, 0) is 11.2 Å². The van der Waals surface area contributed by atoms with Crippen molar-refractivity contribution in [2.45, 2.75) is 27.2 Å². The molecule has 0 aliphatic heterocycles. The first-order chi connectivity index (χ1) is 6.43. The zero-order valence-electron chi connectivity index (χ0n) is 8.59. The molecule has 0 heterocycles. The molecule has 0 unspecified atom stereocenters. The molecule has 0 saturated heterocycles. The lowest BCUT2D eigenvalue weighted by atomic mass is 9.96. The molecular weight excluding hydrogens is 180 g/mol. The summed E-state index contributed by atoms with van der Waals surface area (Å²) >= 11 is 0. The summed E-state index contributed by atoms with van der Waals surface area (Å²) in [4.78, 5) is 10.5. The van der Waals surface area contributed by atoms with Crippen LogP contribution in [0.2, 0.25) is 0 Å². The second-order valence-electron chi connectivity index (χ2n) is 3.50. The molecule has 0 aromatic heterocycles. The summed E-state index contributed by atoms with van der Waals surface area (Å²) in [5.41, 5.74) is 3.40. The fourth-order valence-corrected chi connectivity index (χ4v) is 1.44. The van der Waals surface area contributed by atoms with E-state index in [-0.39, 0.29) is 12.2 Å². The minimum Gasteiger partial charge on any atom is -0.508 e. The number of benzene rings is 1. The van der Waals surface area contributed by atoms with Crippen LogP contribution in [0.5, 0.6) is 5.75 Å². The van der Waals surface area contributed by atoms with Gasteiger partial charge in [0.25, 0.3) is 0 Å². The second-order valence-corrected chi connectivity index (χ2v) is 3.50. The van der Waals surface area contributed by atoms with Crippen molar-refractivity contribution in [2.24, 2.45) is 0 Å². The molecule has 1 rings (SSSR count). The third-order valence-corrected chi connectivity index (χ3v) is 2.64. The average Bonchev–Trinajstić information content (AvgIpc) is 2.10. The van der Waals surface area contributed by atoms with Crippen molar-refractivity contribution in [1.29, 1.82) is 0 Å². The molecule has 0 radical (unpaired) electrons. The van der Waals surface area contributed by atoms with E-state index in [1.807, 2.05) is 20.8 Å². The van der Waals surface area contributed by atoms with E-state index in [1.165, 1.54) is 6.07 Å². The predicted octanol–water partition coefficient (Wildman–Crippen LogP) is 1.94. The zero-order valence-corrected chi connectivity index (χ0v) is 8.59. The lowest BCUT2D eigenvalue weighted by Gasteiger charge is -2.11. The van der Waals surface area contributed by atoms with Gasteiger partial charge in [0.15, 0.2) is 0 Å². The third kappa shape index (κ3) is 1.87. The summed E-state index contributed by atoms with van der Waals surface area (Å²) in [6, 6.07) is 1.53. The maximum absolute atomic E-state index is 10.5. The largest absolute Gasteiger partial charge is 0.508 e. The number of phenolic OH excluding ortho intramolecular Hbond substituents is 1. The van der Waals surface area contributed by atoms with Crippen molar-refractivity contribution in [2.75, 3.05) is 0 Å². The molecule has 1 aromatic rings. The van der Waals surface area contributed by atoms with E-state index in [1.54, 1.807) is 0 Å².